The number of rotatable bonds is 5. The van der Waals surface area contributed by atoms with Gasteiger partial charge in [-0.25, -0.2) is 0 Å². The minimum absolute atomic E-state index is 0.0316. The van der Waals surface area contributed by atoms with Crippen LogP contribution in [0.15, 0.2) is 12.4 Å². The standard InChI is InChI=1S/C9H16N4O/c1-7(3-10)2-9(14)11-4-8-5-12-13-6-8/h5-7H,2-4,10H2,1H3,(H,11,14)(H,12,13). The largest absolute Gasteiger partial charge is 0.352 e. The average molecular weight is 196 g/mol. The molecule has 1 aromatic heterocycles. The molecule has 0 saturated heterocycles. The number of amides is 1. The van der Waals surface area contributed by atoms with Crippen molar-refractivity contribution in [2.75, 3.05) is 6.54 Å². The Kier molecular flexibility index (Phi) is 4.12. The number of carbonyl (C=O) groups excluding carboxylic acids is 1. The molecule has 0 spiro atoms. The van der Waals surface area contributed by atoms with Crippen LogP contribution in [0.2, 0.25) is 0 Å². The first-order chi connectivity index (χ1) is 6.72. The van der Waals surface area contributed by atoms with Crippen molar-refractivity contribution in [2.45, 2.75) is 19.9 Å². The molecule has 0 bridgehead atoms. The van der Waals surface area contributed by atoms with Gasteiger partial charge in [0, 0.05) is 24.7 Å². The molecule has 1 heterocycles. The fraction of sp³-hybridized carbons (Fsp3) is 0.556. The summed E-state index contributed by atoms with van der Waals surface area (Å²) in [5.74, 6) is 0.267. The smallest absolute Gasteiger partial charge is 0.220 e. The number of H-pyrrole nitrogens is 1. The summed E-state index contributed by atoms with van der Waals surface area (Å²) in [5, 5.41) is 9.26. The second kappa shape index (κ2) is 5.39. The first-order valence-electron chi connectivity index (χ1n) is 4.66. The van der Waals surface area contributed by atoms with Crippen molar-refractivity contribution in [2.24, 2.45) is 11.7 Å². The Morgan fingerprint density at radius 3 is 3.14 bits per heavy atom. The van der Waals surface area contributed by atoms with Gasteiger partial charge in [0.1, 0.15) is 0 Å². The molecule has 0 aliphatic carbocycles. The maximum Gasteiger partial charge on any atom is 0.220 e. The molecule has 1 amide bonds. The Hall–Kier alpha value is -1.36. The third-order valence-electron chi connectivity index (χ3n) is 1.98. The van der Waals surface area contributed by atoms with E-state index in [9.17, 15) is 4.79 Å². The van der Waals surface area contributed by atoms with E-state index in [-0.39, 0.29) is 11.8 Å². The van der Waals surface area contributed by atoms with Gasteiger partial charge >= 0.3 is 0 Å². The molecule has 1 aromatic rings. The zero-order chi connectivity index (χ0) is 10.4. The molecule has 4 N–H and O–H groups in total. The summed E-state index contributed by atoms with van der Waals surface area (Å²) in [5.41, 5.74) is 6.39. The predicted octanol–water partition coefficient (Wildman–Crippen LogP) is 0.0108. The maximum absolute atomic E-state index is 11.3. The summed E-state index contributed by atoms with van der Waals surface area (Å²) in [6.45, 7) is 3.02. The van der Waals surface area contributed by atoms with Crippen LogP contribution < -0.4 is 11.1 Å². The number of aromatic amines is 1. The van der Waals surface area contributed by atoms with Crippen LogP contribution in [0.5, 0.6) is 0 Å². The number of aromatic nitrogens is 2. The second-order valence-electron chi connectivity index (χ2n) is 3.43. The van der Waals surface area contributed by atoms with E-state index < -0.39 is 0 Å². The first-order valence-corrected chi connectivity index (χ1v) is 4.66. The van der Waals surface area contributed by atoms with Gasteiger partial charge in [-0.05, 0) is 12.5 Å². The van der Waals surface area contributed by atoms with Crippen molar-refractivity contribution in [3.05, 3.63) is 18.0 Å². The maximum atomic E-state index is 11.3. The lowest BCUT2D eigenvalue weighted by atomic mass is 10.1. The molecule has 5 heteroatoms. The van der Waals surface area contributed by atoms with Gasteiger partial charge in [-0.2, -0.15) is 5.10 Å². The van der Waals surface area contributed by atoms with Crippen molar-refractivity contribution in [1.29, 1.82) is 0 Å². The lowest BCUT2D eigenvalue weighted by Gasteiger charge is -2.07. The number of carbonyl (C=O) groups is 1. The highest BCUT2D eigenvalue weighted by molar-refractivity contribution is 5.76. The van der Waals surface area contributed by atoms with Crippen molar-refractivity contribution < 1.29 is 4.79 Å². The molecule has 1 unspecified atom stereocenters. The molecule has 0 radical (unpaired) electrons. The lowest BCUT2D eigenvalue weighted by Crippen LogP contribution is -2.26. The van der Waals surface area contributed by atoms with Crippen LogP contribution in [0.3, 0.4) is 0 Å². The Morgan fingerprint density at radius 1 is 1.79 bits per heavy atom. The lowest BCUT2D eigenvalue weighted by molar-refractivity contribution is -0.122. The summed E-state index contributed by atoms with van der Waals surface area (Å²) < 4.78 is 0. The molecular weight excluding hydrogens is 180 g/mol. The Bertz CT molecular complexity index is 270. The topological polar surface area (TPSA) is 83.8 Å². The predicted molar refractivity (Wildman–Crippen MR) is 53.3 cm³/mol. The SMILES string of the molecule is CC(CN)CC(=O)NCc1cn[nH]c1. The minimum atomic E-state index is 0.0316. The summed E-state index contributed by atoms with van der Waals surface area (Å²) in [4.78, 5) is 11.3. The number of nitrogens with two attached hydrogens (primary N) is 1. The minimum Gasteiger partial charge on any atom is -0.352 e. The highest BCUT2D eigenvalue weighted by Crippen LogP contribution is 1.99. The van der Waals surface area contributed by atoms with Crippen LogP contribution >= 0.6 is 0 Å². The van der Waals surface area contributed by atoms with Crippen molar-refractivity contribution >= 4 is 5.91 Å². The molecule has 1 atom stereocenters. The van der Waals surface area contributed by atoms with Gasteiger partial charge in [-0.1, -0.05) is 6.92 Å². The molecule has 14 heavy (non-hydrogen) atoms. The van der Waals surface area contributed by atoms with Gasteiger partial charge in [0.2, 0.25) is 5.91 Å². The monoisotopic (exact) mass is 196 g/mol. The Balaban J connectivity index is 2.22. The fourth-order valence-electron chi connectivity index (χ4n) is 1.05. The summed E-state index contributed by atoms with van der Waals surface area (Å²) >= 11 is 0. The van der Waals surface area contributed by atoms with Crippen molar-refractivity contribution in [3.63, 3.8) is 0 Å². The van der Waals surface area contributed by atoms with E-state index >= 15 is 0 Å². The van der Waals surface area contributed by atoms with Crippen molar-refractivity contribution in [3.8, 4) is 0 Å². The Morgan fingerprint density at radius 2 is 2.57 bits per heavy atom. The molecule has 0 saturated carbocycles. The summed E-state index contributed by atoms with van der Waals surface area (Å²) in [6.07, 6.45) is 3.92. The van der Waals surface area contributed by atoms with Gasteiger partial charge in [0.05, 0.1) is 6.20 Å². The molecule has 0 aliphatic heterocycles. The fourth-order valence-corrected chi connectivity index (χ4v) is 1.05. The van der Waals surface area contributed by atoms with E-state index in [2.05, 4.69) is 15.5 Å². The van der Waals surface area contributed by atoms with Gasteiger partial charge in [0.15, 0.2) is 0 Å². The van der Waals surface area contributed by atoms with Crippen LogP contribution in [0.1, 0.15) is 18.9 Å². The highest BCUT2D eigenvalue weighted by atomic mass is 16.1. The quantitative estimate of drug-likeness (QED) is 0.620. The van der Waals surface area contributed by atoms with Crippen LogP contribution in [-0.2, 0) is 11.3 Å². The van der Waals surface area contributed by atoms with E-state index in [4.69, 9.17) is 5.73 Å². The molecule has 1 rings (SSSR count). The summed E-state index contributed by atoms with van der Waals surface area (Å²) in [7, 11) is 0. The third-order valence-corrected chi connectivity index (χ3v) is 1.98. The molecule has 0 fully saturated rings. The normalized spacial score (nSPS) is 12.4. The van der Waals surface area contributed by atoms with E-state index in [1.807, 2.05) is 6.92 Å². The van der Waals surface area contributed by atoms with Crippen molar-refractivity contribution in [1.82, 2.24) is 15.5 Å². The first kappa shape index (κ1) is 10.7. The van der Waals surface area contributed by atoms with Crippen LogP contribution in [-0.4, -0.2) is 22.6 Å². The zero-order valence-corrected chi connectivity index (χ0v) is 8.29. The number of hydrogen-bond acceptors (Lipinski definition) is 3. The number of nitrogens with zero attached hydrogens (tertiary/aromatic N) is 1. The van der Waals surface area contributed by atoms with Crippen LogP contribution in [0.25, 0.3) is 0 Å². The molecule has 0 aromatic carbocycles. The summed E-state index contributed by atoms with van der Waals surface area (Å²) in [6, 6.07) is 0. The number of hydrogen-bond donors (Lipinski definition) is 3. The van der Waals surface area contributed by atoms with Crippen LogP contribution in [0.4, 0.5) is 0 Å². The van der Waals surface area contributed by atoms with E-state index in [1.54, 1.807) is 12.4 Å². The molecule has 5 nitrogen and oxygen atoms in total. The Labute approximate surface area is 83.1 Å². The molecule has 0 aliphatic rings. The van der Waals surface area contributed by atoms with E-state index in [0.29, 0.717) is 19.5 Å². The van der Waals surface area contributed by atoms with E-state index in [0.717, 1.165) is 5.56 Å². The second-order valence-corrected chi connectivity index (χ2v) is 3.43. The van der Waals surface area contributed by atoms with E-state index in [1.165, 1.54) is 0 Å². The van der Waals surface area contributed by atoms with Gasteiger partial charge in [-0.3, -0.25) is 9.89 Å². The average Bonchev–Trinajstić information content (AvgIpc) is 2.67. The number of nitrogens with one attached hydrogen (secondary N) is 2. The van der Waals surface area contributed by atoms with Gasteiger partial charge < -0.3 is 11.1 Å². The van der Waals surface area contributed by atoms with Gasteiger partial charge in [0.25, 0.3) is 0 Å². The zero-order valence-electron chi connectivity index (χ0n) is 8.29. The third kappa shape index (κ3) is 3.57. The van der Waals surface area contributed by atoms with Crippen LogP contribution in [0, 0.1) is 5.92 Å². The molecular formula is C9H16N4O. The van der Waals surface area contributed by atoms with Gasteiger partial charge in [-0.15, -0.1) is 0 Å². The highest BCUT2D eigenvalue weighted by Gasteiger charge is 2.06. The molecule has 78 valence electrons.